The summed E-state index contributed by atoms with van der Waals surface area (Å²) in [6.07, 6.45) is 9.70. The topological polar surface area (TPSA) is 26.0 Å². The van der Waals surface area contributed by atoms with Crippen molar-refractivity contribution in [3.8, 4) is 0 Å². The molecule has 1 saturated carbocycles. The van der Waals surface area contributed by atoms with Crippen molar-refractivity contribution in [2.45, 2.75) is 65.7 Å². The largest absolute Gasteiger partial charge is 0.330 e. The lowest BCUT2D eigenvalue weighted by Gasteiger charge is -2.39. The summed E-state index contributed by atoms with van der Waals surface area (Å²) >= 11 is 0. The summed E-state index contributed by atoms with van der Waals surface area (Å²) in [6, 6.07) is 0. The van der Waals surface area contributed by atoms with E-state index in [9.17, 15) is 0 Å². The summed E-state index contributed by atoms with van der Waals surface area (Å²) in [5.74, 6) is 1.75. The molecule has 0 aliphatic heterocycles. The van der Waals surface area contributed by atoms with E-state index in [-0.39, 0.29) is 0 Å². The van der Waals surface area contributed by atoms with Gasteiger partial charge >= 0.3 is 0 Å². The van der Waals surface area contributed by atoms with Crippen LogP contribution in [0.4, 0.5) is 0 Å². The fourth-order valence-corrected chi connectivity index (χ4v) is 3.17. The minimum Gasteiger partial charge on any atom is -0.330 e. The van der Waals surface area contributed by atoms with E-state index in [0.29, 0.717) is 5.41 Å². The standard InChI is InChI=1S/C14H29N/c1-12(2)6-4-8-14(11-15)9-5-7-13(3)10-14/h12-13H,4-11,15H2,1-3H3. The molecule has 2 unspecified atom stereocenters. The second kappa shape index (κ2) is 5.89. The second-order valence-electron chi connectivity index (χ2n) is 6.19. The monoisotopic (exact) mass is 211 g/mol. The quantitative estimate of drug-likeness (QED) is 0.731. The normalized spacial score (nSPS) is 32.2. The van der Waals surface area contributed by atoms with Gasteiger partial charge in [-0.3, -0.25) is 0 Å². The van der Waals surface area contributed by atoms with E-state index >= 15 is 0 Å². The highest BCUT2D eigenvalue weighted by Crippen LogP contribution is 2.42. The third-order valence-electron chi connectivity index (χ3n) is 4.11. The Balaban J connectivity index is 2.38. The Morgan fingerprint density at radius 1 is 1.40 bits per heavy atom. The van der Waals surface area contributed by atoms with Crippen molar-refractivity contribution >= 4 is 0 Å². The van der Waals surface area contributed by atoms with Gasteiger partial charge in [0.05, 0.1) is 0 Å². The molecule has 2 N–H and O–H groups in total. The van der Waals surface area contributed by atoms with E-state index in [1.165, 1.54) is 44.9 Å². The lowest BCUT2D eigenvalue weighted by atomic mass is 9.67. The Morgan fingerprint density at radius 3 is 2.67 bits per heavy atom. The van der Waals surface area contributed by atoms with Crippen LogP contribution in [0, 0.1) is 17.3 Å². The Hall–Kier alpha value is -0.0400. The molecule has 0 radical (unpaired) electrons. The maximum absolute atomic E-state index is 6.02. The number of hydrogen-bond donors (Lipinski definition) is 1. The first kappa shape index (κ1) is 13.0. The molecule has 0 amide bonds. The highest BCUT2D eigenvalue weighted by Gasteiger charge is 2.32. The molecular formula is C14H29N. The third-order valence-corrected chi connectivity index (χ3v) is 4.11. The zero-order valence-corrected chi connectivity index (χ0v) is 10.9. The van der Waals surface area contributed by atoms with Crippen LogP contribution in [0.1, 0.15) is 65.7 Å². The molecule has 15 heavy (non-hydrogen) atoms. The summed E-state index contributed by atoms with van der Waals surface area (Å²) in [5, 5.41) is 0. The lowest BCUT2D eigenvalue weighted by molar-refractivity contribution is 0.136. The van der Waals surface area contributed by atoms with Gasteiger partial charge in [-0.1, -0.05) is 46.5 Å². The van der Waals surface area contributed by atoms with E-state index in [4.69, 9.17) is 5.73 Å². The van der Waals surface area contributed by atoms with Crippen LogP contribution >= 0.6 is 0 Å². The van der Waals surface area contributed by atoms with Crippen molar-refractivity contribution in [2.24, 2.45) is 23.0 Å². The third kappa shape index (κ3) is 4.14. The van der Waals surface area contributed by atoms with Crippen molar-refractivity contribution in [1.82, 2.24) is 0 Å². The van der Waals surface area contributed by atoms with Crippen LogP contribution in [0.3, 0.4) is 0 Å². The van der Waals surface area contributed by atoms with Crippen LogP contribution in [0.15, 0.2) is 0 Å². The minimum atomic E-state index is 0.507. The van der Waals surface area contributed by atoms with Crippen molar-refractivity contribution in [3.63, 3.8) is 0 Å². The van der Waals surface area contributed by atoms with Gasteiger partial charge in [0.15, 0.2) is 0 Å². The number of rotatable bonds is 5. The van der Waals surface area contributed by atoms with E-state index in [1.54, 1.807) is 0 Å². The number of hydrogen-bond acceptors (Lipinski definition) is 1. The van der Waals surface area contributed by atoms with Crippen LogP contribution in [0.25, 0.3) is 0 Å². The van der Waals surface area contributed by atoms with Crippen LogP contribution in [-0.4, -0.2) is 6.54 Å². The summed E-state index contributed by atoms with van der Waals surface area (Å²) in [7, 11) is 0. The highest BCUT2D eigenvalue weighted by atomic mass is 14.6. The summed E-state index contributed by atoms with van der Waals surface area (Å²) in [4.78, 5) is 0. The predicted octanol–water partition coefficient (Wildman–Crippen LogP) is 3.97. The molecule has 2 atom stereocenters. The number of nitrogens with two attached hydrogens (primary N) is 1. The van der Waals surface area contributed by atoms with Gasteiger partial charge in [-0.25, -0.2) is 0 Å². The van der Waals surface area contributed by atoms with Crippen molar-refractivity contribution in [2.75, 3.05) is 6.54 Å². The van der Waals surface area contributed by atoms with E-state index in [0.717, 1.165) is 18.4 Å². The molecule has 1 aliphatic rings. The Bertz CT molecular complexity index is 176. The zero-order valence-electron chi connectivity index (χ0n) is 10.9. The van der Waals surface area contributed by atoms with Crippen LogP contribution in [-0.2, 0) is 0 Å². The van der Waals surface area contributed by atoms with E-state index < -0.39 is 0 Å². The first-order chi connectivity index (χ1) is 7.08. The maximum Gasteiger partial charge on any atom is -0.00204 e. The summed E-state index contributed by atoms with van der Waals surface area (Å²) in [5.41, 5.74) is 6.52. The fraction of sp³-hybridized carbons (Fsp3) is 1.00. The van der Waals surface area contributed by atoms with Crippen LogP contribution in [0.2, 0.25) is 0 Å². The first-order valence-electron chi connectivity index (χ1n) is 6.78. The molecule has 1 rings (SSSR count). The molecule has 1 aliphatic carbocycles. The van der Waals surface area contributed by atoms with Crippen molar-refractivity contribution in [3.05, 3.63) is 0 Å². The van der Waals surface area contributed by atoms with Gasteiger partial charge in [-0.05, 0) is 43.1 Å². The van der Waals surface area contributed by atoms with Crippen molar-refractivity contribution in [1.29, 1.82) is 0 Å². The van der Waals surface area contributed by atoms with E-state index in [1.807, 2.05) is 0 Å². The van der Waals surface area contributed by atoms with E-state index in [2.05, 4.69) is 20.8 Å². The molecule has 90 valence electrons. The fourth-order valence-electron chi connectivity index (χ4n) is 3.17. The molecule has 0 aromatic heterocycles. The Morgan fingerprint density at radius 2 is 2.13 bits per heavy atom. The Labute approximate surface area is 95.8 Å². The van der Waals surface area contributed by atoms with Gasteiger partial charge < -0.3 is 5.73 Å². The molecule has 0 spiro atoms. The molecule has 1 nitrogen and oxygen atoms in total. The summed E-state index contributed by atoms with van der Waals surface area (Å²) < 4.78 is 0. The van der Waals surface area contributed by atoms with Crippen LogP contribution in [0.5, 0.6) is 0 Å². The van der Waals surface area contributed by atoms with Gasteiger partial charge in [0.1, 0.15) is 0 Å². The maximum atomic E-state index is 6.02. The van der Waals surface area contributed by atoms with Crippen LogP contribution < -0.4 is 5.73 Å². The predicted molar refractivity (Wildman–Crippen MR) is 67.8 cm³/mol. The minimum absolute atomic E-state index is 0.507. The molecule has 0 aromatic carbocycles. The molecule has 0 bridgehead atoms. The molecule has 0 aromatic rings. The average molecular weight is 211 g/mol. The lowest BCUT2D eigenvalue weighted by Crippen LogP contribution is -2.35. The first-order valence-corrected chi connectivity index (χ1v) is 6.78. The Kier molecular flexibility index (Phi) is 5.11. The summed E-state index contributed by atoms with van der Waals surface area (Å²) in [6.45, 7) is 7.94. The molecular weight excluding hydrogens is 182 g/mol. The SMILES string of the molecule is CC(C)CCCC1(CN)CCCC(C)C1. The van der Waals surface area contributed by atoms with Crippen molar-refractivity contribution < 1.29 is 0 Å². The average Bonchev–Trinajstić information content (AvgIpc) is 2.17. The molecule has 0 heterocycles. The molecule has 1 heteroatoms. The highest BCUT2D eigenvalue weighted by molar-refractivity contribution is 4.86. The van der Waals surface area contributed by atoms with Gasteiger partial charge in [-0.2, -0.15) is 0 Å². The second-order valence-corrected chi connectivity index (χ2v) is 6.19. The van der Waals surface area contributed by atoms with Gasteiger partial charge in [-0.15, -0.1) is 0 Å². The zero-order chi connectivity index (χ0) is 11.3. The van der Waals surface area contributed by atoms with Gasteiger partial charge in [0.25, 0.3) is 0 Å². The molecule has 1 fully saturated rings. The molecule has 0 saturated heterocycles. The van der Waals surface area contributed by atoms with Gasteiger partial charge in [0, 0.05) is 0 Å². The van der Waals surface area contributed by atoms with Gasteiger partial charge in [0.2, 0.25) is 0 Å². The smallest absolute Gasteiger partial charge is 0.00204 e.